The van der Waals surface area contributed by atoms with E-state index < -0.39 is 0 Å². The van der Waals surface area contributed by atoms with Gasteiger partial charge in [0.25, 0.3) is 0 Å². The quantitative estimate of drug-likeness (QED) is 0.637. The smallest absolute Gasteiger partial charge is 0.119 e. The minimum Gasteiger partial charge on any atom is -0.306 e. The zero-order valence-corrected chi connectivity index (χ0v) is 8.73. The fourth-order valence-corrected chi connectivity index (χ4v) is 2.18. The van der Waals surface area contributed by atoms with E-state index in [1.54, 1.807) is 0 Å². The molecule has 0 atom stereocenters. The highest BCUT2D eigenvalue weighted by atomic mass is 79.9. The predicted octanol–water partition coefficient (Wildman–Crippen LogP) is 1.22. The Morgan fingerprint density at radius 3 is 2.75 bits per heavy atom. The molecule has 0 unspecified atom stereocenters. The number of nitrogens with one attached hydrogen (secondary N) is 1. The van der Waals surface area contributed by atoms with Crippen LogP contribution >= 0.6 is 15.9 Å². The van der Waals surface area contributed by atoms with Crippen LogP contribution in [0, 0.1) is 0 Å². The SMILES string of the molecule is CN1CCC2(C=C(Br)NO2)CC1. The Hall–Kier alpha value is -0.0600. The van der Waals surface area contributed by atoms with E-state index in [1.807, 2.05) is 0 Å². The molecular formula is C8H13BrN2O. The molecule has 3 nitrogen and oxygen atoms in total. The van der Waals surface area contributed by atoms with Crippen LogP contribution in [0.15, 0.2) is 10.7 Å². The van der Waals surface area contributed by atoms with Crippen LogP contribution in [-0.4, -0.2) is 30.6 Å². The Morgan fingerprint density at radius 1 is 1.58 bits per heavy atom. The zero-order valence-electron chi connectivity index (χ0n) is 7.14. The van der Waals surface area contributed by atoms with E-state index >= 15 is 0 Å². The standard InChI is InChI=1S/C8H13BrN2O/c1-11-4-2-8(3-5-11)6-7(9)10-12-8/h6,10H,2-5H2,1H3. The number of rotatable bonds is 0. The summed E-state index contributed by atoms with van der Waals surface area (Å²) in [6, 6.07) is 0. The molecule has 0 aromatic carbocycles. The minimum atomic E-state index is -0.0364. The Kier molecular flexibility index (Phi) is 2.14. The van der Waals surface area contributed by atoms with Gasteiger partial charge < -0.3 is 4.90 Å². The van der Waals surface area contributed by atoms with Gasteiger partial charge in [0.1, 0.15) is 10.2 Å². The summed E-state index contributed by atoms with van der Waals surface area (Å²) in [7, 11) is 2.15. The summed E-state index contributed by atoms with van der Waals surface area (Å²) in [5, 5.41) is 0. The molecule has 2 heterocycles. The van der Waals surface area contributed by atoms with Crippen LogP contribution in [-0.2, 0) is 4.84 Å². The molecule has 1 saturated heterocycles. The third kappa shape index (κ3) is 1.51. The van der Waals surface area contributed by atoms with Gasteiger partial charge in [-0.05, 0) is 41.9 Å². The van der Waals surface area contributed by atoms with Crippen LogP contribution < -0.4 is 5.48 Å². The summed E-state index contributed by atoms with van der Waals surface area (Å²) in [4.78, 5) is 7.85. The van der Waals surface area contributed by atoms with Crippen molar-refractivity contribution in [3.05, 3.63) is 10.7 Å². The molecule has 0 bridgehead atoms. The molecule has 0 saturated carbocycles. The van der Waals surface area contributed by atoms with Gasteiger partial charge in [-0.25, -0.2) is 0 Å². The lowest BCUT2D eigenvalue weighted by Crippen LogP contribution is -2.42. The Balaban J connectivity index is 2.04. The molecule has 0 aromatic heterocycles. The van der Waals surface area contributed by atoms with Gasteiger partial charge in [0.2, 0.25) is 0 Å². The van der Waals surface area contributed by atoms with Crippen molar-refractivity contribution in [3.63, 3.8) is 0 Å². The first-order valence-corrected chi connectivity index (χ1v) is 5.00. The van der Waals surface area contributed by atoms with Crippen molar-refractivity contribution in [2.75, 3.05) is 20.1 Å². The molecule has 1 spiro atoms. The van der Waals surface area contributed by atoms with Gasteiger partial charge in [-0.2, -0.15) is 0 Å². The first kappa shape index (κ1) is 8.53. The number of nitrogens with zero attached hydrogens (tertiary/aromatic N) is 1. The second kappa shape index (κ2) is 3.01. The second-order valence-electron chi connectivity index (χ2n) is 3.56. The van der Waals surface area contributed by atoms with Crippen molar-refractivity contribution in [1.29, 1.82) is 0 Å². The molecule has 2 aliphatic heterocycles. The van der Waals surface area contributed by atoms with Gasteiger partial charge in [-0.15, -0.1) is 0 Å². The maximum absolute atomic E-state index is 5.53. The van der Waals surface area contributed by atoms with E-state index in [0.29, 0.717) is 0 Å². The minimum absolute atomic E-state index is 0.0364. The summed E-state index contributed by atoms with van der Waals surface area (Å²) >= 11 is 3.38. The summed E-state index contributed by atoms with van der Waals surface area (Å²) in [6.45, 7) is 2.22. The molecule has 4 heteroatoms. The summed E-state index contributed by atoms with van der Waals surface area (Å²) in [5.74, 6) is 0. The van der Waals surface area contributed by atoms with Crippen LogP contribution in [0.2, 0.25) is 0 Å². The first-order chi connectivity index (χ1) is 5.70. The molecule has 0 radical (unpaired) electrons. The van der Waals surface area contributed by atoms with Crippen LogP contribution in [0.5, 0.6) is 0 Å². The number of piperidine rings is 1. The highest BCUT2D eigenvalue weighted by Gasteiger charge is 2.37. The monoisotopic (exact) mass is 232 g/mol. The Morgan fingerprint density at radius 2 is 2.25 bits per heavy atom. The highest BCUT2D eigenvalue weighted by Crippen LogP contribution is 2.32. The van der Waals surface area contributed by atoms with Gasteiger partial charge in [-0.3, -0.25) is 10.3 Å². The molecule has 2 aliphatic rings. The molecule has 1 fully saturated rings. The van der Waals surface area contributed by atoms with Crippen LogP contribution in [0.1, 0.15) is 12.8 Å². The van der Waals surface area contributed by atoms with Crippen molar-refractivity contribution in [1.82, 2.24) is 10.4 Å². The molecule has 1 N–H and O–H groups in total. The van der Waals surface area contributed by atoms with E-state index in [2.05, 4.69) is 39.4 Å². The van der Waals surface area contributed by atoms with E-state index in [4.69, 9.17) is 4.84 Å². The Labute approximate surface area is 80.8 Å². The third-order valence-electron chi connectivity index (χ3n) is 2.57. The second-order valence-corrected chi connectivity index (χ2v) is 4.42. The molecular weight excluding hydrogens is 220 g/mol. The number of hydroxylamine groups is 1. The van der Waals surface area contributed by atoms with Crippen molar-refractivity contribution in [2.24, 2.45) is 0 Å². The average molecular weight is 233 g/mol. The van der Waals surface area contributed by atoms with E-state index in [9.17, 15) is 0 Å². The third-order valence-corrected chi connectivity index (χ3v) is 2.97. The van der Waals surface area contributed by atoms with Crippen LogP contribution in [0.4, 0.5) is 0 Å². The topological polar surface area (TPSA) is 24.5 Å². The van der Waals surface area contributed by atoms with Crippen molar-refractivity contribution < 1.29 is 4.84 Å². The van der Waals surface area contributed by atoms with E-state index in [-0.39, 0.29) is 5.60 Å². The summed E-state index contributed by atoms with van der Waals surface area (Å²) in [5.41, 5.74) is 2.82. The van der Waals surface area contributed by atoms with Crippen molar-refractivity contribution in [2.45, 2.75) is 18.4 Å². The lowest BCUT2D eigenvalue weighted by atomic mass is 9.92. The lowest BCUT2D eigenvalue weighted by molar-refractivity contribution is -0.0690. The number of hydrogen-bond donors (Lipinski definition) is 1. The molecule has 12 heavy (non-hydrogen) atoms. The van der Waals surface area contributed by atoms with Gasteiger partial charge in [-0.1, -0.05) is 0 Å². The molecule has 2 rings (SSSR count). The van der Waals surface area contributed by atoms with Gasteiger partial charge in [0.15, 0.2) is 0 Å². The molecule has 68 valence electrons. The molecule has 0 aromatic rings. The predicted molar refractivity (Wildman–Crippen MR) is 50.7 cm³/mol. The first-order valence-electron chi connectivity index (χ1n) is 4.21. The average Bonchev–Trinajstić information content (AvgIpc) is 2.40. The van der Waals surface area contributed by atoms with Gasteiger partial charge in [0.05, 0.1) is 0 Å². The number of hydrogen-bond acceptors (Lipinski definition) is 3. The molecule has 0 amide bonds. The largest absolute Gasteiger partial charge is 0.306 e. The summed E-state index contributed by atoms with van der Waals surface area (Å²) in [6.07, 6.45) is 4.29. The zero-order chi connectivity index (χ0) is 8.60. The summed E-state index contributed by atoms with van der Waals surface area (Å²) < 4.78 is 0.965. The fraction of sp³-hybridized carbons (Fsp3) is 0.750. The van der Waals surface area contributed by atoms with Crippen molar-refractivity contribution in [3.8, 4) is 0 Å². The number of likely N-dealkylation sites (tertiary alicyclic amines) is 1. The maximum Gasteiger partial charge on any atom is 0.119 e. The van der Waals surface area contributed by atoms with E-state index in [0.717, 1.165) is 30.5 Å². The van der Waals surface area contributed by atoms with Crippen LogP contribution in [0.3, 0.4) is 0 Å². The lowest BCUT2D eigenvalue weighted by Gasteiger charge is -2.34. The Bertz CT molecular complexity index is 209. The fourth-order valence-electron chi connectivity index (χ4n) is 1.68. The highest BCUT2D eigenvalue weighted by molar-refractivity contribution is 9.11. The molecule has 0 aliphatic carbocycles. The number of halogens is 1. The van der Waals surface area contributed by atoms with E-state index in [1.165, 1.54) is 0 Å². The van der Waals surface area contributed by atoms with Gasteiger partial charge in [0, 0.05) is 13.1 Å². The van der Waals surface area contributed by atoms with Gasteiger partial charge >= 0.3 is 0 Å². The van der Waals surface area contributed by atoms with Crippen molar-refractivity contribution >= 4 is 15.9 Å². The maximum atomic E-state index is 5.53. The van der Waals surface area contributed by atoms with Crippen LogP contribution in [0.25, 0.3) is 0 Å². The normalized spacial score (nSPS) is 28.7.